The number of carbonyl (C=O) groups is 2. The number of aliphatic hydroxyl groups is 1. The zero-order chi connectivity index (χ0) is 28.9. The Morgan fingerprint density at radius 1 is 0.921 bits per heavy atom. The summed E-state index contributed by atoms with van der Waals surface area (Å²) in [6.07, 6.45) is 7.22. The zero-order valence-electron chi connectivity index (χ0n) is 26.1. The van der Waals surface area contributed by atoms with Gasteiger partial charge in [-0.15, -0.1) is 0 Å². The number of carbonyl (C=O) groups excluding carboxylic acids is 2. The molecule has 38 heavy (non-hydrogen) atoms. The number of rotatable bonds is 2. The van der Waals surface area contributed by atoms with Crippen molar-refractivity contribution in [3.8, 4) is 0 Å². The maximum absolute atomic E-state index is 13.1. The van der Waals surface area contributed by atoms with Crippen LogP contribution in [-0.2, 0) is 19.1 Å². The Bertz CT molecular complexity index is 660. The molecule has 7 heteroatoms. The molecule has 2 fully saturated rings. The molecular formula is C31H60N2O5. The number of nitrogens with zero attached hydrogens (tertiary/aromatic N) is 2. The van der Waals surface area contributed by atoms with Crippen LogP contribution < -0.4 is 0 Å². The average Bonchev–Trinajstić information content (AvgIpc) is 2.77. The van der Waals surface area contributed by atoms with E-state index in [1.165, 1.54) is 6.42 Å². The van der Waals surface area contributed by atoms with Gasteiger partial charge in [-0.1, -0.05) is 48.0 Å². The number of Topliss-reactive ketones (excluding diaryl/α,β-unsaturated/α-hetero) is 1. The molecule has 0 radical (unpaired) electrons. The van der Waals surface area contributed by atoms with Crippen molar-refractivity contribution < 1.29 is 24.2 Å². The van der Waals surface area contributed by atoms with Gasteiger partial charge in [0.1, 0.15) is 18.3 Å². The van der Waals surface area contributed by atoms with E-state index in [-0.39, 0.29) is 29.2 Å². The highest BCUT2D eigenvalue weighted by Gasteiger charge is 2.34. The van der Waals surface area contributed by atoms with E-state index in [2.05, 4.69) is 51.6 Å². The van der Waals surface area contributed by atoms with Crippen LogP contribution in [0.15, 0.2) is 0 Å². The lowest BCUT2D eigenvalue weighted by molar-refractivity contribution is -0.169. The van der Waals surface area contributed by atoms with Crippen molar-refractivity contribution in [3.05, 3.63) is 0 Å². The Morgan fingerprint density at radius 2 is 1.55 bits per heavy atom. The Balaban J connectivity index is 0.000000671. The third kappa shape index (κ3) is 14.4. The molecule has 0 aromatic heterocycles. The molecule has 1 N–H and O–H groups in total. The highest BCUT2D eigenvalue weighted by Crippen LogP contribution is 2.34. The third-order valence-corrected chi connectivity index (χ3v) is 7.85. The number of cyclic esters (lactones) is 1. The molecule has 0 aliphatic carbocycles. The van der Waals surface area contributed by atoms with Crippen LogP contribution in [0.3, 0.4) is 0 Å². The number of esters is 1. The Hall–Kier alpha value is -1.02. The largest absolute Gasteiger partial charge is 0.464 e. The van der Waals surface area contributed by atoms with E-state index < -0.39 is 12.2 Å². The summed E-state index contributed by atoms with van der Waals surface area (Å²) in [6, 6.07) is 0. The van der Waals surface area contributed by atoms with Gasteiger partial charge >= 0.3 is 5.97 Å². The molecule has 6 atom stereocenters. The SMILES string of the molecule is CCCC1C(=O)OCCN(C)CCCCN(C)CC(C)CC(C)(C)CC(C)C1=O.C[C@H]1C[C@@H](C)O[C@@H](O)C1. The first-order chi connectivity index (χ1) is 17.7. The molecular weight excluding hydrogens is 480 g/mol. The summed E-state index contributed by atoms with van der Waals surface area (Å²) >= 11 is 0. The standard InChI is InChI=1S/C24H46N2O3.C7H14O2/c1-8-11-21-22(27)20(3)17-24(4,5)16-19(2)18-26(7)13-10-9-12-25(6)14-15-29-23(21)28;1-5-3-6(2)9-7(8)4-5/h19-21H,8-18H2,1-7H3;5-8H,3-4H2,1-2H3/t;5-,6+,7+/m.0/s1. The van der Waals surface area contributed by atoms with Crippen LogP contribution >= 0.6 is 0 Å². The summed E-state index contributed by atoms with van der Waals surface area (Å²) < 4.78 is 10.6. The third-order valence-electron chi connectivity index (χ3n) is 7.85. The first kappa shape index (κ1) is 35.0. The summed E-state index contributed by atoms with van der Waals surface area (Å²) in [5.74, 6) is 0.188. The minimum atomic E-state index is -0.612. The number of ether oxygens (including phenoxy) is 2. The topological polar surface area (TPSA) is 79.3 Å². The number of hydrogen-bond donors (Lipinski definition) is 1. The van der Waals surface area contributed by atoms with Crippen molar-refractivity contribution in [3.63, 3.8) is 0 Å². The summed E-state index contributed by atoms with van der Waals surface area (Å²) in [6.45, 7) is 19.3. The quantitative estimate of drug-likeness (QED) is 0.372. The molecule has 0 amide bonds. The second kappa shape index (κ2) is 17.6. The van der Waals surface area contributed by atoms with Crippen LogP contribution in [0.5, 0.6) is 0 Å². The van der Waals surface area contributed by atoms with Gasteiger partial charge in [0, 0.05) is 25.4 Å². The summed E-state index contributed by atoms with van der Waals surface area (Å²) in [4.78, 5) is 30.4. The molecule has 0 saturated carbocycles. The fourth-order valence-electron chi connectivity index (χ4n) is 6.32. The van der Waals surface area contributed by atoms with Crippen molar-refractivity contribution in [1.29, 1.82) is 0 Å². The Kier molecular flexibility index (Phi) is 16.2. The molecule has 0 aromatic rings. The van der Waals surface area contributed by atoms with Gasteiger partial charge in [-0.05, 0) is 89.9 Å². The van der Waals surface area contributed by atoms with E-state index in [0.29, 0.717) is 31.4 Å². The maximum atomic E-state index is 13.1. The van der Waals surface area contributed by atoms with Gasteiger partial charge in [0.15, 0.2) is 6.29 Å². The molecule has 2 heterocycles. The predicted molar refractivity (Wildman–Crippen MR) is 155 cm³/mol. The molecule has 2 rings (SSSR count). The second-order valence-corrected chi connectivity index (χ2v) is 13.2. The Morgan fingerprint density at radius 3 is 2.13 bits per heavy atom. The minimum absolute atomic E-state index is 0.0594. The molecule has 0 aromatic carbocycles. The average molecular weight is 541 g/mol. The molecule has 224 valence electrons. The van der Waals surface area contributed by atoms with E-state index in [9.17, 15) is 9.59 Å². The van der Waals surface area contributed by atoms with Gasteiger partial charge in [-0.25, -0.2) is 0 Å². The van der Waals surface area contributed by atoms with Crippen molar-refractivity contribution >= 4 is 11.8 Å². The Labute approximate surface area is 234 Å². The number of hydrogen-bond acceptors (Lipinski definition) is 7. The number of aliphatic hydroxyl groups excluding tert-OH is 1. The van der Waals surface area contributed by atoms with E-state index in [1.807, 2.05) is 20.8 Å². The van der Waals surface area contributed by atoms with Gasteiger partial charge in [-0.3, -0.25) is 9.59 Å². The molecule has 2 aliphatic heterocycles. The summed E-state index contributed by atoms with van der Waals surface area (Å²) in [5, 5.41) is 9.03. The minimum Gasteiger partial charge on any atom is -0.464 e. The monoisotopic (exact) mass is 540 g/mol. The second-order valence-electron chi connectivity index (χ2n) is 13.2. The van der Waals surface area contributed by atoms with Crippen LogP contribution in [0, 0.1) is 29.1 Å². The number of ketones is 1. The van der Waals surface area contributed by atoms with Crippen LogP contribution in [0.4, 0.5) is 0 Å². The van der Waals surface area contributed by atoms with E-state index >= 15 is 0 Å². The van der Waals surface area contributed by atoms with E-state index in [0.717, 1.165) is 58.2 Å². The van der Waals surface area contributed by atoms with Crippen molar-refractivity contribution in [1.82, 2.24) is 9.80 Å². The lowest BCUT2D eigenvalue weighted by atomic mass is 9.74. The highest BCUT2D eigenvalue weighted by molar-refractivity contribution is 6.00. The van der Waals surface area contributed by atoms with Crippen molar-refractivity contribution in [2.24, 2.45) is 29.1 Å². The van der Waals surface area contributed by atoms with Gasteiger partial charge in [0.2, 0.25) is 0 Å². The predicted octanol–water partition coefficient (Wildman–Crippen LogP) is 5.39. The van der Waals surface area contributed by atoms with Crippen LogP contribution in [0.2, 0.25) is 0 Å². The first-order valence-corrected chi connectivity index (χ1v) is 15.1. The van der Waals surface area contributed by atoms with Crippen molar-refractivity contribution in [2.75, 3.05) is 46.9 Å². The highest BCUT2D eigenvalue weighted by atomic mass is 16.6. The van der Waals surface area contributed by atoms with Crippen LogP contribution in [0.25, 0.3) is 0 Å². The van der Waals surface area contributed by atoms with Crippen LogP contribution in [-0.4, -0.2) is 85.9 Å². The normalized spacial score (nSPS) is 33.8. The molecule has 0 spiro atoms. The van der Waals surface area contributed by atoms with Gasteiger partial charge in [0.05, 0.1) is 6.10 Å². The molecule has 3 unspecified atom stereocenters. The first-order valence-electron chi connectivity index (χ1n) is 15.1. The number of likely N-dealkylation sites (N-methyl/N-ethyl adjacent to an activating group) is 1. The van der Waals surface area contributed by atoms with Gasteiger partial charge in [-0.2, -0.15) is 0 Å². The smallest absolute Gasteiger partial charge is 0.316 e. The molecule has 0 bridgehead atoms. The molecule has 7 nitrogen and oxygen atoms in total. The fraction of sp³-hybridized carbons (Fsp3) is 0.935. The maximum Gasteiger partial charge on any atom is 0.316 e. The van der Waals surface area contributed by atoms with Gasteiger partial charge < -0.3 is 24.4 Å². The lowest BCUT2D eigenvalue weighted by Crippen LogP contribution is -2.35. The van der Waals surface area contributed by atoms with E-state index in [1.54, 1.807) is 0 Å². The van der Waals surface area contributed by atoms with Gasteiger partial charge in [0.25, 0.3) is 0 Å². The molecule has 2 aliphatic rings. The van der Waals surface area contributed by atoms with Crippen LogP contribution in [0.1, 0.15) is 99.8 Å². The zero-order valence-corrected chi connectivity index (χ0v) is 26.1. The fourth-order valence-corrected chi connectivity index (χ4v) is 6.32. The van der Waals surface area contributed by atoms with Crippen molar-refractivity contribution in [2.45, 2.75) is 112 Å². The lowest BCUT2D eigenvalue weighted by Gasteiger charge is -2.33. The molecule has 2 saturated heterocycles. The summed E-state index contributed by atoms with van der Waals surface area (Å²) in [5.41, 5.74) is 0.0736. The summed E-state index contributed by atoms with van der Waals surface area (Å²) in [7, 11) is 4.28. The van der Waals surface area contributed by atoms with E-state index in [4.69, 9.17) is 14.6 Å².